The highest BCUT2D eigenvalue weighted by atomic mass is 16.5. The van der Waals surface area contributed by atoms with Crippen LogP contribution in [0.2, 0.25) is 0 Å². The quantitative estimate of drug-likeness (QED) is 0.729. The van der Waals surface area contributed by atoms with E-state index in [-0.39, 0.29) is 19.1 Å². The SMILES string of the molecule is COC(=O)CNC(=O)c1ccc(NC(=O)COc2cc(C)cc(C)c2)cc1. The van der Waals surface area contributed by atoms with Crippen LogP contribution in [0.15, 0.2) is 42.5 Å². The van der Waals surface area contributed by atoms with Crippen molar-refractivity contribution >= 4 is 23.5 Å². The zero-order chi connectivity index (χ0) is 19.8. The Morgan fingerprint density at radius 3 is 2.19 bits per heavy atom. The number of hydrogen-bond acceptors (Lipinski definition) is 5. The number of anilines is 1. The van der Waals surface area contributed by atoms with Crippen LogP contribution in [-0.2, 0) is 14.3 Å². The minimum atomic E-state index is -0.531. The van der Waals surface area contributed by atoms with E-state index in [1.165, 1.54) is 7.11 Å². The van der Waals surface area contributed by atoms with Crippen LogP contribution in [0, 0.1) is 13.8 Å². The van der Waals surface area contributed by atoms with Crippen molar-refractivity contribution in [3.8, 4) is 5.75 Å². The minimum absolute atomic E-state index is 0.121. The number of hydrogen-bond donors (Lipinski definition) is 2. The summed E-state index contributed by atoms with van der Waals surface area (Å²) in [5.41, 5.74) is 3.02. The predicted octanol–water partition coefficient (Wildman–Crippen LogP) is 2.22. The maximum Gasteiger partial charge on any atom is 0.325 e. The van der Waals surface area contributed by atoms with E-state index in [4.69, 9.17) is 4.74 Å². The molecule has 0 unspecified atom stereocenters. The minimum Gasteiger partial charge on any atom is -0.484 e. The van der Waals surface area contributed by atoms with Crippen LogP contribution in [0.3, 0.4) is 0 Å². The molecule has 0 spiro atoms. The number of benzene rings is 2. The van der Waals surface area contributed by atoms with E-state index in [1.807, 2.05) is 32.0 Å². The monoisotopic (exact) mass is 370 g/mol. The first-order chi connectivity index (χ1) is 12.9. The van der Waals surface area contributed by atoms with Gasteiger partial charge in [-0.05, 0) is 61.4 Å². The van der Waals surface area contributed by atoms with Gasteiger partial charge in [0, 0.05) is 11.3 Å². The first kappa shape index (κ1) is 20.0. The van der Waals surface area contributed by atoms with Crippen LogP contribution in [-0.4, -0.2) is 38.0 Å². The molecule has 7 heteroatoms. The number of carbonyl (C=O) groups excluding carboxylic acids is 3. The molecular weight excluding hydrogens is 348 g/mol. The number of rotatable bonds is 7. The summed E-state index contributed by atoms with van der Waals surface area (Å²) in [5.74, 6) is -0.607. The summed E-state index contributed by atoms with van der Waals surface area (Å²) in [5, 5.41) is 5.13. The lowest BCUT2D eigenvalue weighted by Gasteiger charge is -2.09. The van der Waals surface area contributed by atoms with Gasteiger partial charge in [0.05, 0.1) is 7.11 Å². The topological polar surface area (TPSA) is 93.7 Å². The van der Waals surface area contributed by atoms with Crippen LogP contribution >= 0.6 is 0 Å². The van der Waals surface area contributed by atoms with Gasteiger partial charge in [-0.15, -0.1) is 0 Å². The predicted molar refractivity (Wildman–Crippen MR) is 101 cm³/mol. The normalized spacial score (nSPS) is 10.0. The second-order valence-corrected chi connectivity index (χ2v) is 6.00. The molecule has 0 fully saturated rings. The van der Waals surface area contributed by atoms with E-state index in [0.29, 0.717) is 17.0 Å². The molecular formula is C20H22N2O5. The smallest absolute Gasteiger partial charge is 0.325 e. The van der Waals surface area contributed by atoms with Crippen molar-refractivity contribution in [2.24, 2.45) is 0 Å². The van der Waals surface area contributed by atoms with Gasteiger partial charge in [-0.3, -0.25) is 14.4 Å². The van der Waals surface area contributed by atoms with E-state index in [9.17, 15) is 14.4 Å². The summed E-state index contributed by atoms with van der Waals surface area (Å²) >= 11 is 0. The Hall–Kier alpha value is -3.35. The molecule has 0 radical (unpaired) electrons. The summed E-state index contributed by atoms with van der Waals surface area (Å²) in [6, 6.07) is 12.0. The van der Waals surface area contributed by atoms with E-state index in [2.05, 4.69) is 15.4 Å². The fraction of sp³-hybridized carbons (Fsp3) is 0.250. The molecule has 2 rings (SSSR count). The molecule has 0 atom stereocenters. The summed E-state index contributed by atoms with van der Waals surface area (Å²) in [7, 11) is 1.25. The third kappa shape index (κ3) is 6.47. The summed E-state index contributed by atoms with van der Waals surface area (Å²) < 4.78 is 9.96. The lowest BCUT2D eigenvalue weighted by Crippen LogP contribution is -2.30. The molecule has 2 N–H and O–H groups in total. The van der Waals surface area contributed by atoms with E-state index in [0.717, 1.165) is 11.1 Å². The molecule has 0 saturated heterocycles. The Kier molecular flexibility index (Phi) is 6.93. The molecule has 0 saturated carbocycles. The van der Waals surface area contributed by atoms with Gasteiger partial charge in [-0.1, -0.05) is 6.07 Å². The lowest BCUT2D eigenvalue weighted by molar-refractivity contribution is -0.139. The first-order valence-electron chi connectivity index (χ1n) is 8.33. The molecule has 0 aliphatic rings. The van der Waals surface area contributed by atoms with E-state index < -0.39 is 11.9 Å². The van der Waals surface area contributed by atoms with Crippen molar-refractivity contribution in [2.45, 2.75) is 13.8 Å². The number of ether oxygens (including phenoxy) is 2. The number of carbonyl (C=O) groups is 3. The van der Waals surface area contributed by atoms with Crippen molar-refractivity contribution in [3.05, 3.63) is 59.2 Å². The van der Waals surface area contributed by atoms with Gasteiger partial charge in [0.2, 0.25) is 0 Å². The Morgan fingerprint density at radius 2 is 1.59 bits per heavy atom. The van der Waals surface area contributed by atoms with Crippen LogP contribution in [0.25, 0.3) is 0 Å². The van der Waals surface area contributed by atoms with Crippen molar-refractivity contribution in [1.29, 1.82) is 0 Å². The second-order valence-electron chi connectivity index (χ2n) is 6.00. The molecule has 27 heavy (non-hydrogen) atoms. The number of amides is 2. The molecule has 142 valence electrons. The first-order valence-corrected chi connectivity index (χ1v) is 8.33. The molecule has 2 aromatic carbocycles. The Bertz CT molecular complexity index is 811. The lowest BCUT2D eigenvalue weighted by atomic mass is 10.1. The summed E-state index contributed by atoms with van der Waals surface area (Å²) in [6.07, 6.45) is 0. The summed E-state index contributed by atoms with van der Waals surface area (Å²) in [4.78, 5) is 34.9. The Morgan fingerprint density at radius 1 is 0.963 bits per heavy atom. The van der Waals surface area contributed by atoms with Crippen molar-refractivity contribution < 1.29 is 23.9 Å². The fourth-order valence-electron chi connectivity index (χ4n) is 2.39. The van der Waals surface area contributed by atoms with E-state index in [1.54, 1.807) is 24.3 Å². The summed E-state index contributed by atoms with van der Waals surface area (Å²) in [6.45, 7) is 3.60. The number of methoxy groups -OCH3 is 1. The number of esters is 1. The molecule has 7 nitrogen and oxygen atoms in total. The zero-order valence-electron chi connectivity index (χ0n) is 15.5. The van der Waals surface area contributed by atoms with Gasteiger partial charge in [0.15, 0.2) is 6.61 Å². The number of aryl methyl sites for hydroxylation is 2. The second kappa shape index (κ2) is 9.38. The van der Waals surface area contributed by atoms with Crippen LogP contribution in [0.1, 0.15) is 21.5 Å². The van der Waals surface area contributed by atoms with Gasteiger partial charge in [0.1, 0.15) is 12.3 Å². The van der Waals surface area contributed by atoms with E-state index >= 15 is 0 Å². The third-order valence-corrected chi connectivity index (χ3v) is 3.62. The van der Waals surface area contributed by atoms with Gasteiger partial charge in [0.25, 0.3) is 11.8 Å². The zero-order valence-corrected chi connectivity index (χ0v) is 15.5. The Labute approximate surface area is 157 Å². The molecule has 0 aliphatic heterocycles. The number of nitrogens with one attached hydrogen (secondary N) is 2. The molecule has 2 amide bonds. The average molecular weight is 370 g/mol. The third-order valence-electron chi connectivity index (χ3n) is 3.62. The molecule has 0 bridgehead atoms. The maximum atomic E-state index is 12.0. The van der Waals surface area contributed by atoms with Crippen LogP contribution in [0.5, 0.6) is 5.75 Å². The van der Waals surface area contributed by atoms with Crippen molar-refractivity contribution in [3.63, 3.8) is 0 Å². The molecule has 0 aliphatic carbocycles. The molecule has 2 aromatic rings. The van der Waals surface area contributed by atoms with Crippen molar-refractivity contribution in [2.75, 3.05) is 25.6 Å². The van der Waals surface area contributed by atoms with Gasteiger partial charge >= 0.3 is 5.97 Å². The van der Waals surface area contributed by atoms with Gasteiger partial charge in [-0.25, -0.2) is 0 Å². The van der Waals surface area contributed by atoms with Gasteiger partial charge < -0.3 is 20.1 Å². The van der Waals surface area contributed by atoms with Crippen LogP contribution in [0.4, 0.5) is 5.69 Å². The average Bonchev–Trinajstić information content (AvgIpc) is 2.64. The highest BCUT2D eigenvalue weighted by molar-refractivity contribution is 5.97. The maximum absolute atomic E-state index is 12.0. The highest BCUT2D eigenvalue weighted by Crippen LogP contribution is 2.16. The van der Waals surface area contributed by atoms with Crippen molar-refractivity contribution in [1.82, 2.24) is 5.32 Å². The fourth-order valence-corrected chi connectivity index (χ4v) is 2.39. The van der Waals surface area contributed by atoms with Crippen LogP contribution < -0.4 is 15.4 Å². The highest BCUT2D eigenvalue weighted by Gasteiger charge is 2.09. The molecule has 0 heterocycles. The standard InChI is InChI=1S/C20H22N2O5/c1-13-8-14(2)10-17(9-13)27-12-18(23)22-16-6-4-15(5-7-16)20(25)21-11-19(24)26-3/h4-10H,11-12H2,1-3H3,(H,21,25)(H,22,23). The van der Waals surface area contributed by atoms with Gasteiger partial charge in [-0.2, -0.15) is 0 Å². The largest absolute Gasteiger partial charge is 0.484 e. The Balaban J connectivity index is 1.85. The molecule has 0 aromatic heterocycles.